The van der Waals surface area contributed by atoms with Crippen molar-refractivity contribution in [3.63, 3.8) is 0 Å². The number of methoxy groups -OCH3 is 2. The summed E-state index contributed by atoms with van der Waals surface area (Å²) in [6.45, 7) is 4.88. The van der Waals surface area contributed by atoms with Crippen LogP contribution in [0.15, 0.2) is 67.0 Å². The zero-order chi connectivity index (χ0) is 38.9. The fourth-order valence-corrected chi connectivity index (χ4v) is 7.04. The summed E-state index contributed by atoms with van der Waals surface area (Å²) in [6.07, 6.45) is 6.00. The van der Waals surface area contributed by atoms with Gasteiger partial charge in [0.1, 0.15) is 35.7 Å². The summed E-state index contributed by atoms with van der Waals surface area (Å²) in [5, 5.41) is 5.92. The van der Waals surface area contributed by atoms with E-state index in [9.17, 15) is 19.2 Å². The predicted molar refractivity (Wildman–Crippen MR) is 202 cm³/mol. The van der Waals surface area contributed by atoms with Crippen LogP contribution < -0.4 is 5.32 Å². The molecule has 6 rings (SSSR count). The highest BCUT2D eigenvalue weighted by Gasteiger charge is 2.40. The number of H-pyrrole nitrogens is 2. The highest BCUT2D eigenvalue weighted by molar-refractivity contribution is 5.86. The van der Waals surface area contributed by atoms with Crippen LogP contribution in [0.1, 0.15) is 86.1 Å². The first kappa shape index (κ1) is 38.3. The van der Waals surface area contributed by atoms with Gasteiger partial charge in [-0.25, -0.2) is 29.6 Å². The number of rotatable bonds is 10. The largest absolute Gasteiger partial charge is 0.453 e. The van der Waals surface area contributed by atoms with Gasteiger partial charge in [-0.1, -0.05) is 62.2 Å². The number of ether oxygens (including phenoxy) is 2. The Balaban J connectivity index is 1.10. The molecule has 0 unspecified atom stereocenters. The molecular formula is C41H44N8O6. The number of alkyl carbamates (subject to hydrolysis) is 1. The molecule has 0 aliphatic carbocycles. The number of hydrazine groups is 1. The molecule has 0 saturated carbocycles. The van der Waals surface area contributed by atoms with Crippen LogP contribution in [0.3, 0.4) is 0 Å². The Morgan fingerprint density at radius 3 is 2.29 bits per heavy atom. The van der Waals surface area contributed by atoms with Crippen molar-refractivity contribution in [3.8, 4) is 34.9 Å². The second-order valence-electron chi connectivity index (χ2n) is 13.6. The van der Waals surface area contributed by atoms with Gasteiger partial charge in [-0.15, -0.1) is 0 Å². The Morgan fingerprint density at radius 2 is 1.58 bits per heavy atom. The molecule has 2 aliphatic heterocycles. The number of nitrogens with one attached hydrogen (secondary N) is 3. The summed E-state index contributed by atoms with van der Waals surface area (Å²) in [7, 11) is 2.58. The summed E-state index contributed by atoms with van der Waals surface area (Å²) in [5.74, 6) is 12.9. The maximum Gasteiger partial charge on any atom is 0.425 e. The van der Waals surface area contributed by atoms with Crippen LogP contribution in [0.2, 0.25) is 0 Å². The molecule has 284 valence electrons. The Kier molecular flexibility index (Phi) is 12.3. The third-order valence-corrected chi connectivity index (χ3v) is 9.81. The molecule has 2 saturated heterocycles. The van der Waals surface area contributed by atoms with E-state index in [4.69, 9.17) is 9.47 Å². The number of aromatic nitrogens is 4. The van der Waals surface area contributed by atoms with Crippen molar-refractivity contribution in [2.45, 2.75) is 63.7 Å². The van der Waals surface area contributed by atoms with E-state index in [1.807, 2.05) is 73.5 Å². The molecule has 2 aromatic carbocycles. The first-order chi connectivity index (χ1) is 26.7. The number of hydrogen-bond donors (Lipinski definition) is 3. The second-order valence-corrected chi connectivity index (χ2v) is 13.6. The van der Waals surface area contributed by atoms with Gasteiger partial charge in [0.2, 0.25) is 5.91 Å². The summed E-state index contributed by atoms with van der Waals surface area (Å²) in [4.78, 5) is 68.2. The van der Waals surface area contributed by atoms with Crippen LogP contribution in [0.25, 0.3) is 11.3 Å². The van der Waals surface area contributed by atoms with Gasteiger partial charge in [0, 0.05) is 18.7 Å². The number of benzene rings is 2. The number of aromatic amines is 2. The molecule has 14 nitrogen and oxygen atoms in total. The van der Waals surface area contributed by atoms with Gasteiger partial charge >= 0.3 is 12.2 Å². The molecule has 0 radical (unpaired) electrons. The van der Waals surface area contributed by atoms with Crippen LogP contribution in [0.4, 0.5) is 9.59 Å². The van der Waals surface area contributed by atoms with E-state index in [0.717, 1.165) is 48.8 Å². The average molecular weight is 745 g/mol. The molecule has 2 fully saturated rings. The van der Waals surface area contributed by atoms with E-state index in [1.165, 1.54) is 19.2 Å². The summed E-state index contributed by atoms with van der Waals surface area (Å²) >= 11 is 0. The molecule has 4 aromatic rings. The van der Waals surface area contributed by atoms with E-state index < -0.39 is 24.3 Å². The van der Waals surface area contributed by atoms with Crippen molar-refractivity contribution in [3.05, 3.63) is 95.5 Å². The topological polar surface area (TPSA) is 166 Å². The molecule has 55 heavy (non-hydrogen) atoms. The number of likely N-dealkylation sites (tertiary alicyclic amines) is 1. The van der Waals surface area contributed by atoms with Gasteiger partial charge in [0.25, 0.3) is 0 Å². The maximum absolute atomic E-state index is 13.4. The number of hydrogen-bond acceptors (Lipinski definition) is 9. The van der Waals surface area contributed by atoms with Crippen LogP contribution in [-0.4, -0.2) is 92.6 Å². The zero-order valence-corrected chi connectivity index (χ0v) is 31.2. The smallest absolute Gasteiger partial charge is 0.425 e. The van der Waals surface area contributed by atoms with Crippen LogP contribution >= 0.6 is 0 Å². The summed E-state index contributed by atoms with van der Waals surface area (Å²) < 4.78 is 9.84. The van der Waals surface area contributed by atoms with E-state index >= 15 is 0 Å². The van der Waals surface area contributed by atoms with Gasteiger partial charge in [-0.2, -0.15) is 0 Å². The lowest BCUT2D eigenvalue weighted by Crippen LogP contribution is -2.51. The number of amides is 3. The van der Waals surface area contributed by atoms with Crippen LogP contribution in [0, 0.1) is 29.6 Å². The van der Waals surface area contributed by atoms with E-state index in [2.05, 4.69) is 48.9 Å². The number of carbonyl (C=O) groups is 4. The molecule has 2 aliphatic rings. The Hall–Kier alpha value is -6.38. The second kappa shape index (κ2) is 17.6. The lowest BCUT2D eigenvalue weighted by atomic mass is 10.0. The fraction of sp³-hybridized carbons (Fsp3) is 0.366. The van der Waals surface area contributed by atoms with Gasteiger partial charge in [0.05, 0.1) is 44.4 Å². The number of nitrogens with zero attached hydrogens (tertiary/aromatic N) is 5. The Morgan fingerprint density at radius 1 is 0.891 bits per heavy atom. The molecule has 3 N–H and O–H groups in total. The Bertz CT molecular complexity index is 2110. The third kappa shape index (κ3) is 8.72. The van der Waals surface area contributed by atoms with Gasteiger partial charge in [-0.3, -0.25) is 4.79 Å². The zero-order valence-electron chi connectivity index (χ0n) is 31.2. The quantitative estimate of drug-likeness (QED) is 0.144. The number of imidazole rings is 2. The SMILES string of the molecule is COC(=O)N[C@H](C(=O)N1CCC[C@H]1c1ncc(C#CC#Cc2ccc(-c3cnc([C@@H]4CCCN4N(C(=O)OC)[C@@H](C=O)c4ccccc4)[nH]3)cc2)[nH]1)C(C)C. The van der Waals surface area contributed by atoms with Crippen molar-refractivity contribution < 1.29 is 28.7 Å². The summed E-state index contributed by atoms with van der Waals surface area (Å²) in [6, 6.07) is 14.8. The molecule has 0 spiro atoms. The van der Waals surface area contributed by atoms with Crippen molar-refractivity contribution in [2.24, 2.45) is 5.92 Å². The van der Waals surface area contributed by atoms with Crippen molar-refractivity contribution in [1.29, 1.82) is 0 Å². The van der Waals surface area contributed by atoms with Crippen LogP contribution in [-0.2, 0) is 19.1 Å². The minimum Gasteiger partial charge on any atom is -0.453 e. The van der Waals surface area contributed by atoms with Crippen molar-refractivity contribution >= 4 is 24.4 Å². The fourth-order valence-electron chi connectivity index (χ4n) is 7.04. The molecule has 14 heteroatoms. The lowest BCUT2D eigenvalue weighted by Gasteiger charge is -2.37. The Labute approximate surface area is 320 Å². The van der Waals surface area contributed by atoms with Gasteiger partial charge < -0.3 is 34.5 Å². The maximum atomic E-state index is 13.4. The van der Waals surface area contributed by atoms with Gasteiger partial charge in [0.15, 0.2) is 0 Å². The van der Waals surface area contributed by atoms with Gasteiger partial charge in [-0.05, 0) is 72.6 Å². The first-order valence-corrected chi connectivity index (χ1v) is 18.2. The molecule has 2 aromatic heterocycles. The number of carbonyl (C=O) groups excluding carboxylic acids is 4. The lowest BCUT2D eigenvalue weighted by molar-refractivity contribution is -0.135. The van der Waals surface area contributed by atoms with E-state index in [-0.39, 0.29) is 23.9 Å². The minimum atomic E-state index is -0.846. The van der Waals surface area contributed by atoms with Crippen molar-refractivity contribution in [2.75, 3.05) is 27.3 Å². The molecule has 0 bridgehead atoms. The van der Waals surface area contributed by atoms with Crippen LogP contribution in [0.5, 0.6) is 0 Å². The third-order valence-electron chi connectivity index (χ3n) is 9.81. The summed E-state index contributed by atoms with van der Waals surface area (Å²) in [5.41, 5.74) is 3.76. The highest BCUT2D eigenvalue weighted by Crippen LogP contribution is 2.36. The van der Waals surface area contributed by atoms with E-state index in [0.29, 0.717) is 36.0 Å². The minimum absolute atomic E-state index is 0.121. The number of aldehydes is 1. The predicted octanol–water partition coefficient (Wildman–Crippen LogP) is 5.31. The van der Waals surface area contributed by atoms with Crippen molar-refractivity contribution in [1.82, 2.24) is 40.2 Å². The normalized spacial score (nSPS) is 17.7. The first-order valence-electron chi connectivity index (χ1n) is 18.2. The molecule has 4 atom stereocenters. The molecule has 4 heterocycles. The standard InChI is InChI=1S/C41H44N8O6/c1-27(2)36(46-40(52)54-3)39(51)47-22-10-16-33(47)37-42-24-31(44-37)15-9-8-12-28-18-20-29(21-19-28)32-25-43-38(45-32)34-17-11-23-48(34)49(41(53)55-4)35(26-50)30-13-6-5-7-14-30/h5-7,13-14,18-21,24-27,33-36H,10-11,16-17,22-23H2,1-4H3,(H,42,44)(H,43,45)(H,46,52)/t33-,34-,35-,36-/m0/s1. The highest BCUT2D eigenvalue weighted by atomic mass is 16.5. The average Bonchev–Trinajstić information content (AvgIpc) is 4.05. The molecule has 3 amide bonds. The van der Waals surface area contributed by atoms with E-state index in [1.54, 1.807) is 17.3 Å². The molecular weight excluding hydrogens is 701 g/mol. The monoisotopic (exact) mass is 744 g/mol.